The number of carbonyl (C=O) groups excluding carboxylic acids is 1. The molecule has 0 saturated carbocycles. The molecule has 0 amide bonds. The van der Waals surface area contributed by atoms with Gasteiger partial charge in [0.1, 0.15) is 6.29 Å². The van der Waals surface area contributed by atoms with Crippen molar-refractivity contribution in [2.75, 3.05) is 13.2 Å². The number of allylic oxidation sites excluding steroid dienone is 4. The van der Waals surface area contributed by atoms with E-state index in [1.165, 1.54) is 5.57 Å². The number of hydrogen-bond acceptors (Lipinski definition) is 3. The molecular formula is C18H30O3. The summed E-state index contributed by atoms with van der Waals surface area (Å²) in [7, 11) is 0. The maximum atomic E-state index is 10.4. The minimum atomic E-state index is -0.0180. The zero-order chi connectivity index (χ0) is 15.7. The van der Waals surface area contributed by atoms with E-state index in [0.717, 1.165) is 50.8 Å². The highest BCUT2D eigenvalue weighted by molar-refractivity contribution is 5.65. The smallest absolute Gasteiger partial charge is 0.160 e. The molecule has 3 heteroatoms. The molecule has 3 nitrogen and oxygen atoms in total. The summed E-state index contributed by atoms with van der Waals surface area (Å²) >= 11 is 0. The quantitative estimate of drug-likeness (QED) is 0.361. The van der Waals surface area contributed by atoms with Gasteiger partial charge in [-0.05, 0) is 51.5 Å². The Kier molecular flexibility index (Phi) is 8.55. The van der Waals surface area contributed by atoms with Crippen molar-refractivity contribution in [3.63, 3.8) is 0 Å². The van der Waals surface area contributed by atoms with Crippen LogP contribution in [0.3, 0.4) is 0 Å². The van der Waals surface area contributed by atoms with Gasteiger partial charge in [0.15, 0.2) is 6.29 Å². The van der Waals surface area contributed by atoms with Gasteiger partial charge in [0.25, 0.3) is 0 Å². The highest BCUT2D eigenvalue weighted by Crippen LogP contribution is 2.28. The van der Waals surface area contributed by atoms with Gasteiger partial charge in [-0.3, -0.25) is 4.79 Å². The molecule has 1 saturated heterocycles. The molecule has 0 spiro atoms. The van der Waals surface area contributed by atoms with E-state index in [1.54, 1.807) is 6.08 Å². The Morgan fingerprint density at radius 1 is 1.14 bits per heavy atom. The average Bonchev–Trinajstić information content (AvgIpc) is 2.92. The lowest BCUT2D eigenvalue weighted by Gasteiger charge is -2.25. The highest BCUT2D eigenvalue weighted by atomic mass is 16.7. The molecule has 0 aromatic carbocycles. The van der Waals surface area contributed by atoms with E-state index in [2.05, 4.69) is 26.8 Å². The number of ether oxygens (including phenoxy) is 2. The van der Waals surface area contributed by atoms with Crippen LogP contribution in [-0.2, 0) is 14.3 Å². The van der Waals surface area contributed by atoms with Gasteiger partial charge in [0, 0.05) is 5.92 Å². The van der Waals surface area contributed by atoms with Crippen LogP contribution in [0.2, 0.25) is 0 Å². The van der Waals surface area contributed by atoms with Crippen LogP contribution in [0.15, 0.2) is 23.3 Å². The maximum Gasteiger partial charge on any atom is 0.160 e. The Balaban J connectivity index is 2.36. The zero-order valence-electron chi connectivity index (χ0n) is 13.9. The van der Waals surface area contributed by atoms with Gasteiger partial charge < -0.3 is 9.47 Å². The lowest BCUT2D eigenvalue weighted by molar-refractivity contribution is -0.104. The number of hydrogen-bond donors (Lipinski definition) is 0. The van der Waals surface area contributed by atoms with Crippen molar-refractivity contribution in [3.8, 4) is 0 Å². The van der Waals surface area contributed by atoms with Gasteiger partial charge in [0.05, 0.1) is 13.2 Å². The summed E-state index contributed by atoms with van der Waals surface area (Å²) in [6.45, 7) is 10.1. The molecule has 1 heterocycles. The van der Waals surface area contributed by atoms with Gasteiger partial charge in [-0.15, -0.1) is 0 Å². The van der Waals surface area contributed by atoms with Crippen LogP contribution in [0.4, 0.5) is 0 Å². The van der Waals surface area contributed by atoms with Crippen LogP contribution in [0.25, 0.3) is 0 Å². The first-order chi connectivity index (χ1) is 10.0. The van der Waals surface area contributed by atoms with Gasteiger partial charge in [0.2, 0.25) is 0 Å². The second kappa shape index (κ2) is 9.91. The van der Waals surface area contributed by atoms with Crippen LogP contribution in [0, 0.1) is 11.8 Å². The maximum absolute atomic E-state index is 10.4. The Morgan fingerprint density at radius 2 is 1.81 bits per heavy atom. The van der Waals surface area contributed by atoms with Crippen molar-refractivity contribution in [1.82, 2.24) is 0 Å². The van der Waals surface area contributed by atoms with Gasteiger partial charge in [-0.1, -0.05) is 31.1 Å². The molecule has 1 aliphatic heterocycles. The van der Waals surface area contributed by atoms with Crippen molar-refractivity contribution in [1.29, 1.82) is 0 Å². The third kappa shape index (κ3) is 7.05. The highest BCUT2D eigenvalue weighted by Gasteiger charge is 2.28. The topological polar surface area (TPSA) is 35.5 Å². The molecule has 120 valence electrons. The lowest BCUT2D eigenvalue weighted by atomic mass is 9.89. The van der Waals surface area contributed by atoms with E-state index < -0.39 is 0 Å². The molecule has 0 bridgehead atoms. The first-order valence-corrected chi connectivity index (χ1v) is 8.04. The van der Waals surface area contributed by atoms with Crippen LogP contribution in [-0.4, -0.2) is 25.8 Å². The second-order valence-electron chi connectivity index (χ2n) is 6.29. The average molecular weight is 294 g/mol. The number of aldehydes is 1. The Labute approximate surface area is 129 Å². The fourth-order valence-corrected chi connectivity index (χ4v) is 2.65. The Bertz CT molecular complexity index is 363. The molecule has 1 aliphatic rings. The second-order valence-corrected chi connectivity index (χ2v) is 6.29. The molecule has 0 aromatic heterocycles. The van der Waals surface area contributed by atoms with Crippen LogP contribution >= 0.6 is 0 Å². The van der Waals surface area contributed by atoms with E-state index in [4.69, 9.17) is 9.47 Å². The third-order valence-corrected chi connectivity index (χ3v) is 4.11. The summed E-state index contributed by atoms with van der Waals surface area (Å²) < 4.78 is 11.3. The van der Waals surface area contributed by atoms with E-state index in [9.17, 15) is 4.79 Å². The first kappa shape index (κ1) is 18.1. The van der Waals surface area contributed by atoms with Gasteiger partial charge in [-0.25, -0.2) is 0 Å². The summed E-state index contributed by atoms with van der Waals surface area (Å²) in [6, 6.07) is 0. The lowest BCUT2D eigenvalue weighted by Crippen LogP contribution is -2.26. The molecule has 1 fully saturated rings. The van der Waals surface area contributed by atoms with Crippen molar-refractivity contribution in [2.24, 2.45) is 11.8 Å². The van der Waals surface area contributed by atoms with Crippen molar-refractivity contribution >= 4 is 6.29 Å². The number of carbonyl (C=O) groups is 1. The summed E-state index contributed by atoms with van der Waals surface area (Å²) in [5, 5.41) is 0. The predicted molar refractivity (Wildman–Crippen MR) is 86.1 cm³/mol. The van der Waals surface area contributed by atoms with E-state index in [0.29, 0.717) is 11.8 Å². The van der Waals surface area contributed by atoms with Crippen molar-refractivity contribution < 1.29 is 14.3 Å². The molecule has 0 radical (unpaired) electrons. The van der Waals surface area contributed by atoms with Crippen LogP contribution < -0.4 is 0 Å². The zero-order valence-corrected chi connectivity index (χ0v) is 13.9. The molecule has 1 atom stereocenters. The Morgan fingerprint density at radius 3 is 2.38 bits per heavy atom. The molecule has 0 N–H and O–H groups in total. The van der Waals surface area contributed by atoms with Crippen LogP contribution in [0.5, 0.6) is 0 Å². The van der Waals surface area contributed by atoms with E-state index >= 15 is 0 Å². The van der Waals surface area contributed by atoms with Crippen molar-refractivity contribution in [3.05, 3.63) is 23.3 Å². The van der Waals surface area contributed by atoms with E-state index in [-0.39, 0.29) is 6.29 Å². The van der Waals surface area contributed by atoms with E-state index in [1.807, 2.05) is 6.92 Å². The minimum absolute atomic E-state index is 0.0180. The Hall–Kier alpha value is -0.930. The molecule has 1 rings (SSSR count). The monoisotopic (exact) mass is 294 g/mol. The molecule has 0 aromatic rings. The van der Waals surface area contributed by atoms with Gasteiger partial charge in [-0.2, -0.15) is 0 Å². The molecule has 0 aliphatic carbocycles. The number of rotatable bonds is 9. The van der Waals surface area contributed by atoms with Crippen LogP contribution in [0.1, 0.15) is 53.4 Å². The SMILES string of the molecule is C/C(=C\C=O)CC/C=C(\C)CC[C@@H](C(C)C)C1OCCO1. The first-order valence-electron chi connectivity index (χ1n) is 8.04. The minimum Gasteiger partial charge on any atom is -0.350 e. The van der Waals surface area contributed by atoms with Gasteiger partial charge >= 0.3 is 0 Å². The normalized spacial score (nSPS) is 19.3. The fourth-order valence-electron chi connectivity index (χ4n) is 2.65. The largest absolute Gasteiger partial charge is 0.350 e. The summed E-state index contributed by atoms with van der Waals surface area (Å²) in [5.74, 6) is 1.03. The standard InChI is InChI=1S/C18H30O3/c1-14(2)17(18-20-12-13-21-18)9-8-15(3)6-5-7-16(4)10-11-19/h6,10-11,14,17-18H,5,7-9,12-13H2,1-4H3/b15-6+,16-10+/t17-/m0/s1. The summed E-state index contributed by atoms with van der Waals surface area (Å²) in [6.07, 6.45) is 8.93. The summed E-state index contributed by atoms with van der Waals surface area (Å²) in [5.41, 5.74) is 2.56. The fraction of sp³-hybridized carbons (Fsp3) is 0.722. The van der Waals surface area contributed by atoms with Crippen molar-refractivity contribution in [2.45, 2.75) is 59.7 Å². The third-order valence-electron chi connectivity index (χ3n) is 4.11. The molecular weight excluding hydrogens is 264 g/mol. The predicted octanol–water partition coefficient (Wildman–Crippen LogP) is 4.28. The molecule has 21 heavy (non-hydrogen) atoms. The molecule has 0 unspecified atom stereocenters. The summed E-state index contributed by atoms with van der Waals surface area (Å²) in [4.78, 5) is 10.4.